The van der Waals surface area contributed by atoms with Crippen molar-refractivity contribution in [2.24, 2.45) is 0 Å². The zero-order chi connectivity index (χ0) is 17.8. The van der Waals surface area contributed by atoms with E-state index in [0.29, 0.717) is 11.8 Å². The molecule has 0 saturated carbocycles. The van der Waals surface area contributed by atoms with E-state index in [2.05, 4.69) is 64.6 Å². The van der Waals surface area contributed by atoms with Gasteiger partial charge in [-0.15, -0.1) is 6.58 Å². The Morgan fingerprint density at radius 3 is 2.12 bits per heavy atom. The molecule has 1 rings (SSSR count). The van der Waals surface area contributed by atoms with Crippen LogP contribution in [0.3, 0.4) is 0 Å². The second-order valence-electron chi connectivity index (χ2n) is 6.99. The maximum absolute atomic E-state index is 6.85. The minimum absolute atomic E-state index is 0.310. The number of hydrogen-bond acceptors (Lipinski definition) is 1. The van der Waals surface area contributed by atoms with Crippen molar-refractivity contribution < 1.29 is 4.74 Å². The zero-order valence-electron chi connectivity index (χ0n) is 16.4. The van der Waals surface area contributed by atoms with Gasteiger partial charge in [0.15, 0.2) is 0 Å². The lowest BCUT2D eigenvalue weighted by Crippen LogP contribution is -2.42. The first kappa shape index (κ1) is 21.2. The van der Waals surface area contributed by atoms with E-state index in [4.69, 9.17) is 4.74 Å². The summed E-state index contributed by atoms with van der Waals surface area (Å²) in [7, 11) is -1.48. The fourth-order valence-corrected chi connectivity index (χ4v) is 7.75. The molecule has 0 unspecified atom stereocenters. The summed E-state index contributed by atoms with van der Waals surface area (Å²) in [5, 5.41) is 0. The van der Waals surface area contributed by atoms with E-state index in [1.165, 1.54) is 43.0 Å². The van der Waals surface area contributed by atoms with Crippen LogP contribution in [0, 0.1) is 0 Å². The highest BCUT2D eigenvalue weighted by Gasteiger charge is 2.39. The van der Waals surface area contributed by atoms with Crippen molar-refractivity contribution in [2.75, 3.05) is 0 Å². The predicted molar refractivity (Wildman–Crippen MR) is 110 cm³/mol. The molecule has 2 heteroatoms. The monoisotopic (exact) mass is 346 g/mol. The van der Waals surface area contributed by atoms with Crippen LogP contribution in [0.1, 0.15) is 71.1 Å². The molecule has 0 aliphatic rings. The Balaban J connectivity index is 3.04. The second kappa shape index (κ2) is 11.6. The van der Waals surface area contributed by atoms with Crippen LogP contribution in [0.15, 0.2) is 43.0 Å². The molecular formula is C22H38OSi. The van der Waals surface area contributed by atoms with Crippen LogP contribution in [-0.4, -0.2) is 14.2 Å². The normalized spacial score (nSPS) is 14.3. The summed E-state index contributed by atoms with van der Waals surface area (Å²) < 4.78 is 6.85. The van der Waals surface area contributed by atoms with Crippen molar-refractivity contribution in [3.8, 4) is 0 Å². The number of hydrogen-bond donors (Lipinski definition) is 0. The van der Waals surface area contributed by atoms with Gasteiger partial charge in [0.2, 0.25) is 0 Å². The first-order valence-corrected chi connectivity index (χ1v) is 12.7. The lowest BCUT2D eigenvalue weighted by Gasteiger charge is -2.39. The highest BCUT2D eigenvalue weighted by atomic mass is 28.3. The molecule has 0 radical (unpaired) electrons. The molecule has 1 aromatic carbocycles. The highest BCUT2D eigenvalue weighted by molar-refractivity contribution is 6.80. The van der Waals surface area contributed by atoms with Gasteiger partial charge in [-0.2, -0.15) is 0 Å². The molecule has 0 heterocycles. The Bertz CT molecular complexity index is 430. The zero-order valence-corrected chi connectivity index (χ0v) is 17.4. The van der Waals surface area contributed by atoms with E-state index in [-0.39, 0.29) is 0 Å². The second-order valence-corrected chi connectivity index (χ2v) is 12.4. The van der Waals surface area contributed by atoms with Crippen LogP contribution < -0.4 is 0 Å². The van der Waals surface area contributed by atoms with Crippen LogP contribution in [0.25, 0.3) is 0 Å². The molecule has 0 bridgehead atoms. The van der Waals surface area contributed by atoms with Crippen LogP contribution in [-0.2, 0) is 4.74 Å². The highest BCUT2D eigenvalue weighted by Crippen LogP contribution is 2.38. The topological polar surface area (TPSA) is 9.23 Å². The number of ether oxygens (including phenoxy) is 1. The molecule has 1 aromatic rings. The summed E-state index contributed by atoms with van der Waals surface area (Å²) in [6.07, 6.45) is 8.29. The van der Waals surface area contributed by atoms with Crippen molar-refractivity contribution in [3.63, 3.8) is 0 Å². The van der Waals surface area contributed by atoms with Crippen molar-refractivity contribution in [1.29, 1.82) is 0 Å². The Hall–Kier alpha value is -0.863. The van der Waals surface area contributed by atoms with Gasteiger partial charge in [0, 0.05) is 0 Å². The van der Waals surface area contributed by atoms with Gasteiger partial charge in [-0.25, -0.2) is 0 Å². The Labute approximate surface area is 151 Å². The molecule has 0 spiro atoms. The summed E-state index contributed by atoms with van der Waals surface area (Å²) in [6, 6.07) is 14.8. The van der Waals surface area contributed by atoms with Crippen molar-refractivity contribution in [3.05, 3.63) is 48.6 Å². The van der Waals surface area contributed by atoms with E-state index < -0.39 is 8.07 Å². The molecule has 0 saturated heterocycles. The molecule has 0 aliphatic carbocycles. The summed E-state index contributed by atoms with van der Waals surface area (Å²) >= 11 is 0. The summed E-state index contributed by atoms with van der Waals surface area (Å²) in [5.74, 6) is 0. The standard InChI is InChI=1S/C22H38OSi/c1-6-11-13-19-21(16-7-2)23-22(20-17-14-12-15-18-20)24(8-3,9-4)10-5/h7,12,14-15,17-18,21-22H,2,6,8-11,13,16,19H2,1,3-5H3/t21-,22-/m0/s1. The average Bonchev–Trinajstić information content (AvgIpc) is 2.63. The Morgan fingerprint density at radius 1 is 1.00 bits per heavy atom. The lowest BCUT2D eigenvalue weighted by atomic mass is 10.1. The van der Waals surface area contributed by atoms with E-state index >= 15 is 0 Å². The average molecular weight is 347 g/mol. The third-order valence-electron chi connectivity index (χ3n) is 5.66. The SMILES string of the molecule is C=CC[C@@H](CCCCC)O[C@H](c1ccccc1)[Si](CC)(CC)CC. The smallest absolute Gasteiger partial charge is 0.0925 e. The van der Waals surface area contributed by atoms with E-state index in [9.17, 15) is 0 Å². The van der Waals surface area contributed by atoms with Crippen molar-refractivity contribution in [1.82, 2.24) is 0 Å². The molecule has 0 fully saturated rings. The van der Waals surface area contributed by atoms with Gasteiger partial charge in [0.1, 0.15) is 0 Å². The fraction of sp³-hybridized carbons (Fsp3) is 0.636. The molecule has 136 valence electrons. The van der Waals surface area contributed by atoms with Crippen molar-refractivity contribution >= 4 is 8.07 Å². The summed E-state index contributed by atoms with van der Waals surface area (Å²) in [6.45, 7) is 13.3. The van der Waals surface area contributed by atoms with Crippen LogP contribution in [0.4, 0.5) is 0 Å². The maximum atomic E-state index is 6.85. The number of unbranched alkanes of at least 4 members (excludes halogenated alkanes) is 2. The molecular weight excluding hydrogens is 308 g/mol. The van der Waals surface area contributed by atoms with Gasteiger partial charge in [-0.1, -0.05) is 101 Å². The summed E-state index contributed by atoms with van der Waals surface area (Å²) in [5.41, 5.74) is 1.70. The molecule has 2 atom stereocenters. The van der Waals surface area contributed by atoms with Crippen LogP contribution >= 0.6 is 0 Å². The largest absolute Gasteiger partial charge is 0.373 e. The minimum atomic E-state index is -1.48. The number of benzene rings is 1. The quantitative estimate of drug-likeness (QED) is 0.206. The lowest BCUT2D eigenvalue weighted by molar-refractivity contribution is 0.0181. The molecule has 24 heavy (non-hydrogen) atoms. The third-order valence-corrected chi connectivity index (χ3v) is 11.5. The summed E-state index contributed by atoms with van der Waals surface area (Å²) in [4.78, 5) is 0. The minimum Gasteiger partial charge on any atom is -0.373 e. The first-order chi connectivity index (χ1) is 11.7. The van der Waals surface area contributed by atoms with Crippen molar-refractivity contribution in [2.45, 2.75) is 89.8 Å². The van der Waals surface area contributed by atoms with E-state index in [0.717, 1.165) is 12.8 Å². The maximum Gasteiger partial charge on any atom is 0.0925 e. The van der Waals surface area contributed by atoms with Crippen LogP contribution in [0.2, 0.25) is 18.1 Å². The molecule has 0 aromatic heterocycles. The fourth-order valence-electron chi connectivity index (χ4n) is 3.75. The van der Waals surface area contributed by atoms with E-state index in [1.807, 2.05) is 6.08 Å². The number of rotatable bonds is 13. The van der Waals surface area contributed by atoms with E-state index in [1.54, 1.807) is 0 Å². The molecule has 0 amide bonds. The predicted octanol–water partition coefficient (Wildman–Crippen LogP) is 7.32. The molecule has 1 nitrogen and oxygen atoms in total. The van der Waals surface area contributed by atoms with Gasteiger partial charge in [-0.3, -0.25) is 0 Å². The molecule has 0 aliphatic heterocycles. The van der Waals surface area contributed by atoms with Gasteiger partial charge in [0.05, 0.1) is 19.9 Å². The van der Waals surface area contributed by atoms with Crippen LogP contribution in [0.5, 0.6) is 0 Å². The Kier molecular flexibility index (Phi) is 10.3. The molecule has 0 N–H and O–H groups in total. The Morgan fingerprint density at radius 2 is 1.62 bits per heavy atom. The van der Waals surface area contributed by atoms with Gasteiger partial charge in [-0.05, 0) is 18.4 Å². The van der Waals surface area contributed by atoms with Gasteiger partial charge < -0.3 is 4.74 Å². The van der Waals surface area contributed by atoms with Gasteiger partial charge >= 0.3 is 0 Å². The van der Waals surface area contributed by atoms with Gasteiger partial charge in [0.25, 0.3) is 0 Å². The third kappa shape index (κ3) is 5.89. The first-order valence-electron chi connectivity index (χ1n) is 9.98.